The second-order valence-corrected chi connectivity index (χ2v) is 8.53. The van der Waals surface area contributed by atoms with Gasteiger partial charge in [0.05, 0.1) is 9.94 Å². The Morgan fingerprint density at radius 1 is 1.20 bits per heavy atom. The summed E-state index contributed by atoms with van der Waals surface area (Å²) in [4.78, 5) is 3.77. The Morgan fingerprint density at radius 3 is 2.40 bits per heavy atom. The minimum absolute atomic E-state index is 0. The Balaban J connectivity index is 0.00000225. The fourth-order valence-corrected chi connectivity index (χ4v) is 4.57. The lowest BCUT2D eigenvalue weighted by Crippen LogP contribution is -2.42. The molecule has 0 spiro atoms. The molecular weight excluding hydrogens is 380 g/mol. The SMILES string of the molecule is CC(O)(c1ccc(F)cc1)C1CCN(CCc2ccc(Cl)s2)CC1.Cl. The van der Waals surface area contributed by atoms with E-state index in [-0.39, 0.29) is 24.1 Å². The van der Waals surface area contributed by atoms with Gasteiger partial charge in [-0.15, -0.1) is 23.7 Å². The molecule has 0 aliphatic carbocycles. The van der Waals surface area contributed by atoms with Gasteiger partial charge in [0.25, 0.3) is 0 Å². The topological polar surface area (TPSA) is 23.5 Å². The standard InChI is InChI=1S/C19H23ClFNOS.ClH/c1-19(23,14-2-4-16(21)5-3-14)15-8-11-22(12-9-15)13-10-17-6-7-18(20)24-17;/h2-7,15,23H,8-13H2,1H3;1H. The average molecular weight is 404 g/mol. The largest absolute Gasteiger partial charge is 0.385 e. The first-order valence-corrected chi connectivity index (χ1v) is 9.59. The zero-order valence-corrected chi connectivity index (χ0v) is 16.6. The van der Waals surface area contributed by atoms with E-state index < -0.39 is 5.60 Å². The van der Waals surface area contributed by atoms with Crippen LogP contribution in [-0.2, 0) is 12.0 Å². The van der Waals surface area contributed by atoms with E-state index >= 15 is 0 Å². The van der Waals surface area contributed by atoms with Crippen LogP contribution in [0.5, 0.6) is 0 Å². The smallest absolute Gasteiger partial charge is 0.123 e. The van der Waals surface area contributed by atoms with Crippen molar-refractivity contribution in [3.63, 3.8) is 0 Å². The van der Waals surface area contributed by atoms with E-state index in [0.717, 1.165) is 48.8 Å². The molecule has 0 radical (unpaired) electrons. The molecule has 3 rings (SSSR count). The summed E-state index contributed by atoms with van der Waals surface area (Å²) in [5, 5.41) is 10.9. The fraction of sp³-hybridized carbons (Fsp3) is 0.474. The highest BCUT2D eigenvalue weighted by Gasteiger charge is 2.35. The van der Waals surface area contributed by atoms with Gasteiger partial charge in [0.1, 0.15) is 5.82 Å². The van der Waals surface area contributed by atoms with E-state index in [1.807, 2.05) is 13.0 Å². The number of aliphatic hydroxyl groups is 1. The first-order valence-electron chi connectivity index (χ1n) is 8.40. The first kappa shape index (κ1) is 20.7. The molecule has 1 aromatic carbocycles. The van der Waals surface area contributed by atoms with E-state index in [9.17, 15) is 9.50 Å². The molecule has 2 heterocycles. The van der Waals surface area contributed by atoms with Gasteiger partial charge in [-0.2, -0.15) is 0 Å². The summed E-state index contributed by atoms with van der Waals surface area (Å²) in [5.74, 6) is -0.0616. The van der Waals surface area contributed by atoms with Gasteiger partial charge < -0.3 is 10.0 Å². The lowest BCUT2D eigenvalue weighted by molar-refractivity contribution is -0.0328. The molecular formula is C19H24Cl2FNOS. The monoisotopic (exact) mass is 403 g/mol. The van der Waals surface area contributed by atoms with Crippen molar-refractivity contribution >= 4 is 35.3 Å². The number of benzene rings is 1. The van der Waals surface area contributed by atoms with Crippen LogP contribution < -0.4 is 0 Å². The van der Waals surface area contributed by atoms with E-state index in [4.69, 9.17) is 11.6 Å². The van der Waals surface area contributed by atoms with Gasteiger partial charge in [-0.3, -0.25) is 0 Å². The molecule has 0 amide bonds. The Kier molecular flexibility index (Phi) is 7.29. The molecule has 1 atom stereocenters. The summed E-state index contributed by atoms with van der Waals surface area (Å²) in [6, 6.07) is 10.3. The van der Waals surface area contributed by atoms with E-state index in [1.54, 1.807) is 23.5 Å². The zero-order chi connectivity index (χ0) is 17.2. The van der Waals surface area contributed by atoms with Crippen LogP contribution in [0.1, 0.15) is 30.2 Å². The van der Waals surface area contributed by atoms with Crippen molar-refractivity contribution in [2.45, 2.75) is 31.8 Å². The number of hydrogen-bond acceptors (Lipinski definition) is 3. The summed E-state index contributed by atoms with van der Waals surface area (Å²) < 4.78 is 13.9. The molecule has 2 nitrogen and oxygen atoms in total. The maximum atomic E-state index is 13.1. The van der Waals surface area contributed by atoms with Crippen molar-refractivity contribution in [3.8, 4) is 0 Å². The third-order valence-electron chi connectivity index (χ3n) is 5.11. The number of thiophene rings is 1. The first-order chi connectivity index (χ1) is 11.4. The Bertz CT molecular complexity index is 666. The third kappa shape index (κ3) is 5.18. The number of likely N-dealkylation sites (tertiary alicyclic amines) is 1. The molecule has 1 aliphatic rings. The van der Waals surface area contributed by atoms with Gasteiger partial charge in [-0.1, -0.05) is 23.7 Å². The fourth-order valence-electron chi connectivity index (χ4n) is 3.50. The van der Waals surface area contributed by atoms with Crippen LogP contribution in [0.4, 0.5) is 4.39 Å². The van der Waals surface area contributed by atoms with Crippen LogP contribution >= 0.6 is 35.3 Å². The van der Waals surface area contributed by atoms with Gasteiger partial charge >= 0.3 is 0 Å². The molecule has 25 heavy (non-hydrogen) atoms. The highest BCUT2D eigenvalue weighted by atomic mass is 35.5. The van der Waals surface area contributed by atoms with Crippen molar-refractivity contribution in [3.05, 3.63) is 57.0 Å². The van der Waals surface area contributed by atoms with Crippen LogP contribution in [0.3, 0.4) is 0 Å². The van der Waals surface area contributed by atoms with E-state index in [2.05, 4.69) is 11.0 Å². The lowest BCUT2D eigenvalue weighted by atomic mass is 9.77. The van der Waals surface area contributed by atoms with Crippen LogP contribution in [0.25, 0.3) is 0 Å². The molecule has 0 saturated carbocycles. The maximum Gasteiger partial charge on any atom is 0.123 e. The van der Waals surface area contributed by atoms with Crippen molar-refractivity contribution in [2.75, 3.05) is 19.6 Å². The lowest BCUT2D eigenvalue weighted by Gasteiger charge is -2.40. The molecule has 1 aromatic heterocycles. The third-order valence-corrected chi connectivity index (χ3v) is 6.41. The quantitative estimate of drug-likeness (QED) is 0.747. The second kappa shape index (κ2) is 8.83. The number of halogens is 3. The minimum Gasteiger partial charge on any atom is -0.385 e. The summed E-state index contributed by atoms with van der Waals surface area (Å²) in [6.07, 6.45) is 2.93. The average Bonchev–Trinajstić information content (AvgIpc) is 2.99. The number of rotatable bonds is 5. The molecule has 1 aliphatic heterocycles. The van der Waals surface area contributed by atoms with Crippen LogP contribution in [-0.4, -0.2) is 29.6 Å². The van der Waals surface area contributed by atoms with Gasteiger partial charge in [-0.25, -0.2) is 4.39 Å². The molecule has 1 unspecified atom stereocenters. The molecule has 138 valence electrons. The molecule has 0 bridgehead atoms. The Morgan fingerprint density at radius 2 is 1.84 bits per heavy atom. The second-order valence-electron chi connectivity index (χ2n) is 6.73. The molecule has 6 heteroatoms. The molecule has 1 N–H and O–H groups in total. The molecule has 1 fully saturated rings. The zero-order valence-electron chi connectivity index (χ0n) is 14.3. The van der Waals surface area contributed by atoms with Crippen molar-refractivity contribution < 1.29 is 9.50 Å². The maximum absolute atomic E-state index is 13.1. The van der Waals surface area contributed by atoms with Gasteiger partial charge in [0.15, 0.2) is 0 Å². The highest BCUT2D eigenvalue weighted by Crippen LogP contribution is 2.36. The van der Waals surface area contributed by atoms with Crippen LogP contribution in [0.2, 0.25) is 4.34 Å². The predicted molar refractivity (Wildman–Crippen MR) is 105 cm³/mol. The van der Waals surface area contributed by atoms with Gasteiger partial charge in [0.2, 0.25) is 0 Å². The van der Waals surface area contributed by atoms with Crippen molar-refractivity contribution in [1.29, 1.82) is 0 Å². The Hall–Kier alpha value is -0.650. The summed E-state index contributed by atoms with van der Waals surface area (Å²) >= 11 is 7.62. The summed E-state index contributed by atoms with van der Waals surface area (Å²) in [5.41, 5.74) is -0.100. The van der Waals surface area contributed by atoms with Gasteiger partial charge in [0, 0.05) is 11.4 Å². The number of piperidine rings is 1. The van der Waals surface area contributed by atoms with Crippen LogP contribution in [0.15, 0.2) is 36.4 Å². The van der Waals surface area contributed by atoms with E-state index in [0.29, 0.717) is 0 Å². The molecule has 2 aromatic rings. The highest BCUT2D eigenvalue weighted by molar-refractivity contribution is 7.16. The number of nitrogens with zero attached hydrogens (tertiary/aromatic N) is 1. The summed E-state index contributed by atoms with van der Waals surface area (Å²) in [6.45, 7) is 4.86. The normalized spacial score (nSPS) is 18.6. The number of hydrogen-bond donors (Lipinski definition) is 1. The van der Waals surface area contributed by atoms with E-state index in [1.165, 1.54) is 17.0 Å². The Labute approximate surface area is 164 Å². The van der Waals surface area contributed by atoms with Gasteiger partial charge in [-0.05, 0) is 75.0 Å². The predicted octanol–water partition coefficient (Wildman–Crippen LogP) is 5.12. The van der Waals surface area contributed by atoms with Crippen LogP contribution in [0, 0.1) is 11.7 Å². The van der Waals surface area contributed by atoms with Crippen molar-refractivity contribution in [1.82, 2.24) is 4.90 Å². The van der Waals surface area contributed by atoms with Crippen molar-refractivity contribution in [2.24, 2.45) is 5.92 Å². The summed E-state index contributed by atoms with van der Waals surface area (Å²) in [7, 11) is 0. The molecule has 1 saturated heterocycles. The minimum atomic E-state index is -0.902.